The maximum Gasteiger partial charge on any atom is 0.411 e. The molecule has 0 unspecified atom stereocenters. The molecule has 1 aromatic carbocycles. The van der Waals surface area contributed by atoms with Crippen molar-refractivity contribution in [1.29, 1.82) is 0 Å². The smallest absolute Gasteiger partial charge is 0.338 e. The summed E-state index contributed by atoms with van der Waals surface area (Å²) in [7, 11) is 0. The van der Waals surface area contributed by atoms with Gasteiger partial charge < -0.3 is 5.32 Å². The highest BCUT2D eigenvalue weighted by atomic mass is 79.9. The molecular weight excluding hydrogens is 318 g/mol. The van der Waals surface area contributed by atoms with Crippen LogP contribution < -0.4 is 5.32 Å². The number of carbonyl (C=O) groups excluding carboxylic acids is 1. The minimum absolute atomic E-state index is 0.0150. The number of carbonyl (C=O) groups is 1. The van der Waals surface area contributed by atoms with E-state index in [2.05, 4.69) is 15.9 Å². The van der Waals surface area contributed by atoms with E-state index >= 15 is 0 Å². The van der Waals surface area contributed by atoms with Crippen molar-refractivity contribution in [1.82, 2.24) is 5.32 Å². The van der Waals surface area contributed by atoms with Gasteiger partial charge in [0, 0.05) is 5.56 Å². The van der Waals surface area contributed by atoms with Crippen molar-refractivity contribution in [3.8, 4) is 0 Å². The minimum Gasteiger partial charge on any atom is -0.338 e. The predicted octanol–water partition coefficient (Wildman–Crippen LogP) is 3.41. The lowest BCUT2D eigenvalue weighted by Crippen LogP contribution is -2.47. The summed E-state index contributed by atoms with van der Waals surface area (Å²) in [5, 5.41) is 1.96. The SMILES string of the molecule is O=C(NC1(C(F)(F)F)CC1)c1ccc(F)c(Br)c1. The molecule has 1 aliphatic rings. The third-order valence-electron chi connectivity index (χ3n) is 2.83. The molecule has 1 N–H and O–H groups in total. The zero-order valence-corrected chi connectivity index (χ0v) is 10.5. The van der Waals surface area contributed by atoms with Crippen molar-refractivity contribution >= 4 is 21.8 Å². The van der Waals surface area contributed by atoms with Crippen LogP contribution in [0, 0.1) is 5.82 Å². The van der Waals surface area contributed by atoms with Crippen molar-refractivity contribution in [2.75, 3.05) is 0 Å². The summed E-state index contributed by atoms with van der Waals surface area (Å²) in [6.07, 6.45) is -4.70. The maximum atomic E-state index is 12.9. The average molecular weight is 326 g/mol. The molecule has 2 rings (SSSR count). The molecule has 0 saturated heterocycles. The Balaban J connectivity index is 2.16. The Hall–Kier alpha value is -1.11. The van der Waals surface area contributed by atoms with E-state index in [1.165, 1.54) is 0 Å². The first kappa shape index (κ1) is 13.3. The van der Waals surface area contributed by atoms with Crippen LogP contribution in [0.1, 0.15) is 23.2 Å². The molecule has 18 heavy (non-hydrogen) atoms. The number of hydrogen-bond donors (Lipinski definition) is 1. The van der Waals surface area contributed by atoms with E-state index < -0.39 is 23.4 Å². The van der Waals surface area contributed by atoms with Crippen LogP contribution in [0.2, 0.25) is 0 Å². The number of hydrogen-bond acceptors (Lipinski definition) is 1. The van der Waals surface area contributed by atoms with Gasteiger partial charge in [0.15, 0.2) is 0 Å². The fraction of sp³-hybridized carbons (Fsp3) is 0.364. The lowest BCUT2D eigenvalue weighted by molar-refractivity contribution is -0.163. The molecule has 1 aliphatic carbocycles. The van der Waals surface area contributed by atoms with E-state index in [9.17, 15) is 22.4 Å². The van der Waals surface area contributed by atoms with Crippen molar-refractivity contribution in [3.05, 3.63) is 34.1 Å². The van der Waals surface area contributed by atoms with Gasteiger partial charge >= 0.3 is 6.18 Å². The standard InChI is InChI=1S/C11H8BrF4NO/c12-7-5-6(1-2-8(7)13)9(18)17-10(3-4-10)11(14,15)16/h1-2,5H,3-4H2,(H,17,18). The molecule has 98 valence electrons. The van der Waals surface area contributed by atoms with Gasteiger partial charge in [0.05, 0.1) is 4.47 Å². The zero-order chi connectivity index (χ0) is 13.6. The molecule has 1 saturated carbocycles. The van der Waals surface area contributed by atoms with Crippen LogP contribution >= 0.6 is 15.9 Å². The van der Waals surface area contributed by atoms with Crippen LogP contribution in [-0.4, -0.2) is 17.6 Å². The molecule has 0 spiro atoms. The monoisotopic (exact) mass is 325 g/mol. The first-order chi connectivity index (χ1) is 8.25. The molecule has 0 atom stereocenters. The molecule has 0 heterocycles. The van der Waals surface area contributed by atoms with Crippen LogP contribution in [0.4, 0.5) is 17.6 Å². The second kappa shape index (κ2) is 4.22. The van der Waals surface area contributed by atoms with E-state index in [1.807, 2.05) is 5.32 Å². The number of benzene rings is 1. The summed E-state index contributed by atoms with van der Waals surface area (Å²) in [6.45, 7) is 0. The molecule has 1 fully saturated rings. The lowest BCUT2D eigenvalue weighted by Gasteiger charge is -2.20. The largest absolute Gasteiger partial charge is 0.411 e. The number of amides is 1. The second-order valence-electron chi connectivity index (χ2n) is 4.16. The van der Waals surface area contributed by atoms with Gasteiger partial charge in [-0.1, -0.05) is 0 Å². The predicted molar refractivity (Wildman–Crippen MR) is 59.6 cm³/mol. The van der Waals surface area contributed by atoms with Crippen LogP contribution in [0.5, 0.6) is 0 Å². The van der Waals surface area contributed by atoms with Gasteiger partial charge in [0.1, 0.15) is 11.4 Å². The highest BCUT2D eigenvalue weighted by Crippen LogP contribution is 2.49. The third kappa shape index (κ3) is 2.36. The Morgan fingerprint density at radius 2 is 1.94 bits per heavy atom. The first-order valence-electron chi connectivity index (χ1n) is 5.09. The van der Waals surface area contributed by atoms with E-state index in [4.69, 9.17) is 0 Å². The maximum absolute atomic E-state index is 12.9. The highest BCUT2D eigenvalue weighted by molar-refractivity contribution is 9.10. The summed E-state index contributed by atoms with van der Waals surface area (Å²) in [4.78, 5) is 11.7. The molecule has 2 nitrogen and oxygen atoms in total. The van der Waals surface area contributed by atoms with E-state index in [-0.39, 0.29) is 22.9 Å². The molecule has 0 bridgehead atoms. The normalized spacial score (nSPS) is 17.4. The molecule has 1 amide bonds. The fourth-order valence-corrected chi connectivity index (χ4v) is 1.91. The molecular formula is C11H8BrF4NO. The first-order valence-corrected chi connectivity index (χ1v) is 5.89. The number of rotatable bonds is 2. The van der Waals surface area contributed by atoms with Crippen LogP contribution in [-0.2, 0) is 0 Å². The third-order valence-corrected chi connectivity index (χ3v) is 3.43. The summed E-state index contributed by atoms with van der Waals surface area (Å²) in [5.74, 6) is -1.44. The summed E-state index contributed by atoms with van der Waals surface area (Å²) in [5.41, 5.74) is -2.12. The van der Waals surface area contributed by atoms with Gasteiger partial charge in [-0.15, -0.1) is 0 Å². The van der Waals surface area contributed by atoms with Gasteiger partial charge in [-0.2, -0.15) is 13.2 Å². The number of alkyl halides is 3. The molecule has 0 aromatic heterocycles. The Labute approximate surface area is 108 Å². The van der Waals surface area contributed by atoms with Crippen LogP contribution in [0.3, 0.4) is 0 Å². The van der Waals surface area contributed by atoms with Crippen molar-refractivity contribution in [2.45, 2.75) is 24.6 Å². The fourth-order valence-electron chi connectivity index (χ4n) is 1.53. The summed E-state index contributed by atoms with van der Waals surface area (Å²) in [6, 6.07) is 3.31. The molecule has 1 aromatic rings. The Morgan fingerprint density at radius 3 is 2.39 bits per heavy atom. The van der Waals surface area contributed by atoms with Gasteiger partial charge in [-0.25, -0.2) is 4.39 Å². The average Bonchev–Trinajstić information content (AvgIpc) is 3.02. The van der Waals surface area contributed by atoms with Gasteiger partial charge in [-0.05, 0) is 47.0 Å². The van der Waals surface area contributed by atoms with Crippen molar-refractivity contribution in [3.63, 3.8) is 0 Å². The Morgan fingerprint density at radius 1 is 1.33 bits per heavy atom. The van der Waals surface area contributed by atoms with E-state index in [0.717, 1.165) is 18.2 Å². The van der Waals surface area contributed by atoms with Crippen LogP contribution in [0.15, 0.2) is 22.7 Å². The topological polar surface area (TPSA) is 29.1 Å². The summed E-state index contributed by atoms with van der Waals surface area (Å²) >= 11 is 2.87. The van der Waals surface area contributed by atoms with E-state index in [1.54, 1.807) is 0 Å². The number of halogens is 5. The van der Waals surface area contributed by atoms with Gasteiger partial charge in [0.2, 0.25) is 0 Å². The van der Waals surface area contributed by atoms with Crippen LogP contribution in [0.25, 0.3) is 0 Å². The zero-order valence-electron chi connectivity index (χ0n) is 8.94. The van der Waals surface area contributed by atoms with Gasteiger partial charge in [0.25, 0.3) is 5.91 Å². The Kier molecular flexibility index (Phi) is 3.12. The van der Waals surface area contributed by atoms with Crippen molar-refractivity contribution in [2.24, 2.45) is 0 Å². The minimum atomic E-state index is -4.46. The second-order valence-corrected chi connectivity index (χ2v) is 5.02. The van der Waals surface area contributed by atoms with E-state index in [0.29, 0.717) is 0 Å². The van der Waals surface area contributed by atoms with Gasteiger partial charge in [-0.3, -0.25) is 4.79 Å². The molecule has 0 aliphatic heterocycles. The molecule has 0 radical (unpaired) electrons. The molecule has 7 heteroatoms. The highest BCUT2D eigenvalue weighted by Gasteiger charge is 2.64. The number of nitrogens with one attached hydrogen (secondary N) is 1. The van der Waals surface area contributed by atoms with Crippen molar-refractivity contribution < 1.29 is 22.4 Å². The quantitative estimate of drug-likeness (QED) is 0.829. The summed E-state index contributed by atoms with van der Waals surface area (Å²) < 4.78 is 50.9. The Bertz CT molecular complexity index is 496. The lowest BCUT2D eigenvalue weighted by atomic mass is 10.1.